The van der Waals surface area contributed by atoms with Crippen molar-refractivity contribution in [1.29, 1.82) is 0 Å². The van der Waals surface area contributed by atoms with Gasteiger partial charge in [0.05, 0.1) is 12.4 Å². The summed E-state index contributed by atoms with van der Waals surface area (Å²) in [5.74, 6) is 2.21. The lowest BCUT2D eigenvalue weighted by atomic mass is 10.0. The van der Waals surface area contributed by atoms with Crippen molar-refractivity contribution < 1.29 is 0 Å². The largest absolute Gasteiger partial charge is 0.325 e. The third-order valence-corrected chi connectivity index (χ3v) is 4.58. The third kappa shape index (κ3) is 3.61. The highest BCUT2D eigenvalue weighted by molar-refractivity contribution is 5.61. The average molecular weight is 354 g/mol. The summed E-state index contributed by atoms with van der Waals surface area (Å²) < 4.78 is 3.57. The van der Waals surface area contributed by atoms with Crippen LogP contribution < -0.4 is 5.56 Å². The SMILES string of the molecule is CCC(C)Cc1nc(-c2ccc(=O)[nH]c2C(C)C)n(-c2cnn(C)c2)n1. The number of pyridine rings is 1. The minimum atomic E-state index is -0.107. The minimum absolute atomic E-state index is 0.107. The molecule has 0 radical (unpaired) electrons. The van der Waals surface area contributed by atoms with Gasteiger partial charge in [-0.05, 0) is 17.9 Å². The highest BCUT2D eigenvalue weighted by Gasteiger charge is 2.20. The van der Waals surface area contributed by atoms with Gasteiger partial charge < -0.3 is 4.98 Å². The Labute approximate surface area is 153 Å². The summed E-state index contributed by atoms with van der Waals surface area (Å²) in [6.45, 7) is 8.48. The highest BCUT2D eigenvalue weighted by atomic mass is 16.1. The van der Waals surface area contributed by atoms with Gasteiger partial charge in [0.1, 0.15) is 5.69 Å². The summed E-state index contributed by atoms with van der Waals surface area (Å²) in [5, 5.41) is 9.00. The average Bonchev–Trinajstić information content (AvgIpc) is 3.20. The van der Waals surface area contributed by atoms with E-state index < -0.39 is 0 Å². The number of aromatic amines is 1. The zero-order chi connectivity index (χ0) is 18.8. The van der Waals surface area contributed by atoms with E-state index >= 15 is 0 Å². The quantitative estimate of drug-likeness (QED) is 0.737. The maximum absolute atomic E-state index is 11.8. The summed E-state index contributed by atoms with van der Waals surface area (Å²) in [7, 11) is 1.87. The van der Waals surface area contributed by atoms with Crippen LogP contribution in [0.3, 0.4) is 0 Å². The Hall–Kier alpha value is -2.70. The van der Waals surface area contributed by atoms with Crippen molar-refractivity contribution in [1.82, 2.24) is 29.5 Å². The molecule has 0 amide bonds. The van der Waals surface area contributed by atoms with Crippen molar-refractivity contribution in [3.05, 3.63) is 46.4 Å². The molecule has 0 aliphatic carbocycles. The summed E-state index contributed by atoms with van der Waals surface area (Å²) >= 11 is 0. The van der Waals surface area contributed by atoms with Crippen LogP contribution in [-0.2, 0) is 13.5 Å². The molecule has 7 heteroatoms. The van der Waals surface area contributed by atoms with Crippen molar-refractivity contribution in [2.75, 3.05) is 0 Å². The van der Waals surface area contributed by atoms with Crippen LogP contribution in [0.4, 0.5) is 0 Å². The van der Waals surface area contributed by atoms with Gasteiger partial charge in [-0.25, -0.2) is 9.67 Å². The van der Waals surface area contributed by atoms with Crippen LogP contribution in [0.1, 0.15) is 51.6 Å². The van der Waals surface area contributed by atoms with Gasteiger partial charge in [-0.15, -0.1) is 0 Å². The maximum atomic E-state index is 11.8. The first-order valence-corrected chi connectivity index (χ1v) is 9.07. The number of hydrogen-bond donors (Lipinski definition) is 1. The van der Waals surface area contributed by atoms with Gasteiger partial charge in [0.25, 0.3) is 0 Å². The Bertz CT molecular complexity index is 949. The zero-order valence-electron chi connectivity index (χ0n) is 16.0. The van der Waals surface area contributed by atoms with Gasteiger partial charge in [0.2, 0.25) is 5.56 Å². The number of hydrogen-bond acceptors (Lipinski definition) is 4. The van der Waals surface area contributed by atoms with Gasteiger partial charge in [-0.3, -0.25) is 9.48 Å². The molecule has 3 aromatic rings. The molecule has 26 heavy (non-hydrogen) atoms. The lowest BCUT2D eigenvalue weighted by molar-refractivity contribution is 0.542. The Morgan fingerprint density at radius 2 is 2.00 bits per heavy atom. The summed E-state index contributed by atoms with van der Waals surface area (Å²) in [5.41, 5.74) is 2.51. The normalized spacial score (nSPS) is 12.7. The molecule has 3 rings (SSSR count). The zero-order valence-corrected chi connectivity index (χ0v) is 16.0. The van der Waals surface area contributed by atoms with Crippen LogP contribution in [-0.4, -0.2) is 29.5 Å². The molecule has 0 spiro atoms. The summed E-state index contributed by atoms with van der Waals surface area (Å²) in [6.07, 6.45) is 5.57. The Balaban J connectivity index is 2.18. The van der Waals surface area contributed by atoms with Gasteiger partial charge >= 0.3 is 0 Å². The monoisotopic (exact) mass is 354 g/mol. The van der Waals surface area contributed by atoms with Crippen molar-refractivity contribution in [2.45, 2.75) is 46.5 Å². The van der Waals surface area contributed by atoms with Crippen LogP contribution in [0.15, 0.2) is 29.3 Å². The minimum Gasteiger partial charge on any atom is -0.325 e. The molecule has 138 valence electrons. The number of rotatable bonds is 6. The molecule has 1 N–H and O–H groups in total. The molecule has 7 nitrogen and oxygen atoms in total. The molecule has 0 saturated carbocycles. The van der Waals surface area contributed by atoms with E-state index in [1.807, 2.05) is 24.0 Å². The first-order valence-electron chi connectivity index (χ1n) is 9.07. The van der Waals surface area contributed by atoms with Crippen molar-refractivity contribution in [3.63, 3.8) is 0 Å². The molecule has 3 aromatic heterocycles. The second-order valence-corrected chi connectivity index (χ2v) is 7.16. The highest BCUT2D eigenvalue weighted by Crippen LogP contribution is 2.27. The lowest BCUT2D eigenvalue weighted by Crippen LogP contribution is -2.11. The molecule has 0 fully saturated rings. The van der Waals surface area contributed by atoms with Crippen LogP contribution >= 0.6 is 0 Å². The second-order valence-electron chi connectivity index (χ2n) is 7.16. The standard InChI is InChI=1S/C19H26N6O/c1-6-13(4)9-16-21-19(25(23-16)14-10-20-24(5)11-14)15-7-8-17(26)22-18(15)12(2)3/h7-8,10-13H,6,9H2,1-5H3,(H,22,26). The molecule has 0 saturated heterocycles. The van der Waals surface area contributed by atoms with E-state index in [1.165, 1.54) is 6.07 Å². The van der Waals surface area contributed by atoms with E-state index in [4.69, 9.17) is 10.1 Å². The van der Waals surface area contributed by atoms with Crippen molar-refractivity contribution in [3.8, 4) is 17.1 Å². The van der Waals surface area contributed by atoms with Crippen LogP contribution in [0.5, 0.6) is 0 Å². The van der Waals surface area contributed by atoms with E-state index in [-0.39, 0.29) is 11.5 Å². The van der Waals surface area contributed by atoms with E-state index in [1.54, 1.807) is 10.9 Å². The number of H-pyrrole nitrogens is 1. The van der Waals surface area contributed by atoms with Crippen LogP contribution in [0, 0.1) is 5.92 Å². The van der Waals surface area contributed by atoms with E-state index in [9.17, 15) is 4.79 Å². The fourth-order valence-electron chi connectivity index (χ4n) is 2.91. The second kappa shape index (κ2) is 7.27. The van der Waals surface area contributed by atoms with Gasteiger partial charge in [0.15, 0.2) is 11.6 Å². The predicted octanol–water partition coefficient (Wildman–Crippen LogP) is 3.07. The summed E-state index contributed by atoms with van der Waals surface area (Å²) in [4.78, 5) is 19.6. The fourth-order valence-corrected chi connectivity index (χ4v) is 2.91. The Morgan fingerprint density at radius 3 is 2.62 bits per heavy atom. The molecule has 0 bridgehead atoms. The number of nitrogens with one attached hydrogen (secondary N) is 1. The van der Waals surface area contributed by atoms with Crippen molar-refractivity contribution >= 4 is 0 Å². The molecular formula is C19H26N6O. The number of aromatic nitrogens is 6. The molecule has 1 atom stereocenters. The van der Waals surface area contributed by atoms with Gasteiger partial charge in [-0.2, -0.15) is 10.2 Å². The van der Waals surface area contributed by atoms with E-state index in [2.05, 4.69) is 37.8 Å². The molecule has 3 heterocycles. The first-order chi connectivity index (χ1) is 12.4. The van der Waals surface area contributed by atoms with E-state index in [0.29, 0.717) is 5.92 Å². The van der Waals surface area contributed by atoms with Crippen LogP contribution in [0.2, 0.25) is 0 Å². The fraction of sp³-hybridized carbons (Fsp3) is 0.474. The predicted molar refractivity (Wildman–Crippen MR) is 101 cm³/mol. The smallest absolute Gasteiger partial charge is 0.248 e. The third-order valence-electron chi connectivity index (χ3n) is 4.58. The molecule has 0 aliphatic heterocycles. The number of nitrogens with zero attached hydrogens (tertiary/aromatic N) is 5. The molecule has 0 aromatic carbocycles. The molecular weight excluding hydrogens is 328 g/mol. The Kier molecular flexibility index (Phi) is 5.06. The van der Waals surface area contributed by atoms with Gasteiger partial charge in [-0.1, -0.05) is 34.1 Å². The molecule has 0 aliphatic rings. The topological polar surface area (TPSA) is 81.4 Å². The first kappa shape index (κ1) is 18.1. The maximum Gasteiger partial charge on any atom is 0.248 e. The van der Waals surface area contributed by atoms with Crippen LogP contribution in [0.25, 0.3) is 17.1 Å². The van der Waals surface area contributed by atoms with E-state index in [0.717, 1.165) is 41.4 Å². The number of aryl methyl sites for hydroxylation is 1. The van der Waals surface area contributed by atoms with Gasteiger partial charge in [0, 0.05) is 30.8 Å². The molecule has 1 unspecified atom stereocenters. The summed E-state index contributed by atoms with van der Waals surface area (Å²) in [6, 6.07) is 3.37. The lowest BCUT2D eigenvalue weighted by Gasteiger charge is -2.12. The Morgan fingerprint density at radius 1 is 1.23 bits per heavy atom. The van der Waals surface area contributed by atoms with Crippen molar-refractivity contribution in [2.24, 2.45) is 13.0 Å².